The van der Waals surface area contributed by atoms with Crippen LogP contribution in [0.1, 0.15) is 23.0 Å². The molecule has 0 amide bonds. The Morgan fingerprint density at radius 3 is 2.34 bits per heavy atom. The van der Waals surface area contributed by atoms with Crippen LogP contribution in [0.25, 0.3) is 22.1 Å². The largest absolute Gasteiger partial charge is 0.595 e. The first kappa shape index (κ1) is 24.0. The third kappa shape index (κ3) is 5.17. The minimum Gasteiger partial charge on any atom is -0.595 e. The van der Waals surface area contributed by atoms with Gasteiger partial charge in [-0.3, -0.25) is 4.79 Å². The third-order valence-corrected chi connectivity index (χ3v) is 5.31. The summed E-state index contributed by atoms with van der Waals surface area (Å²) < 4.78 is 22.0. The first-order valence-corrected chi connectivity index (χ1v) is 10.8. The molecular formula is C26H23NO8. The van der Waals surface area contributed by atoms with Gasteiger partial charge >= 0.3 is 5.97 Å². The van der Waals surface area contributed by atoms with Crippen LogP contribution in [0.15, 0.2) is 75.9 Å². The number of rotatable bonds is 8. The molecule has 3 aromatic carbocycles. The van der Waals surface area contributed by atoms with Crippen LogP contribution < -0.4 is 20.1 Å². The molecule has 35 heavy (non-hydrogen) atoms. The van der Waals surface area contributed by atoms with Gasteiger partial charge in [-0.2, -0.15) is 5.23 Å². The van der Waals surface area contributed by atoms with E-state index in [2.05, 4.69) is 0 Å². The SMILES string of the molecule is CCOC(=O)c1oc2cc(OCc3ccc([NH+]([O-])O)cc3)ccc2c(=O)c1-c1ccc(OC)cc1. The van der Waals surface area contributed by atoms with Gasteiger partial charge in [-0.25, -0.2) is 10.0 Å². The highest BCUT2D eigenvalue weighted by Crippen LogP contribution is 2.29. The van der Waals surface area contributed by atoms with E-state index in [-0.39, 0.29) is 46.6 Å². The van der Waals surface area contributed by atoms with Crippen molar-refractivity contribution in [2.75, 3.05) is 13.7 Å². The second kappa shape index (κ2) is 10.4. The normalized spacial score (nSPS) is 11.8. The molecule has 0 fully saturated rings. The average Bonchev–Trinajstić information content (AvgIpc) is 2.87. The first-order chi connectivity index (χ1) is 16.9. The summed E-state index contributed by atoms with van der Waals surface area (Å²) in [6, 6.07) is 17.8. The number of hydrogen-bond donors (Lipinski definition) is 2. The summed E-state index contributed by atoms with van der Waals surface area (Å²) in [7, 11) is 1.54. The minimum atomic E-state index is -1.01. The molecule has 1 heterocycles. The maximum atomic E-state index is 13.4. The molecule has 1 unspecified atom stereocenters. The Kier molecular flexibility index (Phi) is 7.11. The van der Waals surface area contributed by atoms with Crippen LogP contribution >= 0.6 is 0 Å². The van der Waals surface area contributed by atoms with Crippen molar-refractivity contribution in [3.05, 3.63) is 93.5 Å². The highest BCUT2D eigenvalue weighted by Gasteiger charge is 2.23. The first-order valence-electron chi connectivity index (χ1n) is 10.8. The number of benzene rings is 3. The lowest BCUT2D eigenvalue weighted by Gasteiger charge is -2.13. The Labute approximate surface area is 200 Å². The Balaban J connectivity index is 1.70. The predicted octanol–water partition coefficient (Wildman–Crippen LogP) is 3.63. The lowest BCUT2D eigenvalue weighted by atomic mass is 10.0. The van der Waals surface area contributed by atoms with Gasteiger partial charge in [0, 0.05) is 18.2 Å². The highest BCUT2D eigenvalue weighted by molar-refractivity contribution is 5.97. The van der Waals surface area contributed by atoms with E-state index < -0.39 is 11.2 Å². The number of carbonyl (C=O) groups excluding carboxylic acids is 1. The van der Waals surface area contributed by atoms with E-state index in [0.29, 0.717) is 17.1 Å². The van der Waals surface area contributed by atoms with Crippen molar-refractivity contribution in [3.63, 3.8) is 0 Å². The molecule has 0 saturated heterocycles. The van der Waals surface area contributed by atoms with Crippen LogP contribution in [0.4, 0.5) is 5.69 Å². The van der Waals surface area contributed by atoms with E-state index in [4.69, 9.17) is 23.8 Å². The number of ether oxygens (including phenoxy) is 3. The van der Waals surface area contributed by atoms with Gasteiger partial charge in [-0.05, 0) is 54.4 Å². The number of fused-ring (bicyclic) bond motifs is 1. The third-order valence-electron chi connectivity index (χ3n) is 5.31. The minimum absolute atomic E-state index is 0.103. The van der Waals surface area contributed by atoms with Gasteiger partial charge in [0.2, 0.25) is 11.2 Å². The van der Waals surface area contributed by atoms with Gasteiger partial charge in [-0.1, -0.05) is 12.1 Å². The van der Waals surface area contributed by atoms with Gasteiger partial charge in [0.15, 0.2) is 5.69 Å². The molecule has 0 spiro atoms. The number of methoxy groups -OCH3 is 1. The quantitative estimate of drug-likeness (QED) is 0.291. The topological polar surface area (TPSA) is 123 Å². The van der Waals surface area contributed by atoms with Crippen molar-refractivity contribution >= 4 is 22.6 Å². The summed E-state index contributed by atoms with van der Waals surface area (Å²) in [5, 5.41) is 19.3. The van der Waals surface area contributed by atoms with Crippen LogP contribution in [0, 0.1) is 5.21 Å². The second-order valence-corrected chi connectivity index (χ2v) is 7.53. The molecule has 180 valence electrons. The second-order valence-electron chi connectivity index (χ2n) is 7.53. The van der Waals surface area contributed by atoms with Gasteiger partial charge in [0.25, 0.3) is 0 Å². The highest BCUT2D eigenvalue weighted by atomic mass is 16.8. The van der Waals surface area contributed by atoms with E-state index in [1.807, 2.05) is 0 Å². The summed E-state index contributed by atoms with van der Waals surface area (Å²) in [4.78, 5) is 26.1. The predicted molar refractivity (Wildman–Crippen MR) is 127 cm³/mol. The summed E-state index contributed by atoms with van der Waals surface area (Å²) in [6.07, 6.45) is 0. The van der Waals surface area contributed by atoms with Crippen molar-refractivity contribution in [1.82, 2.24) is 0 Å². The van der Waals surface area contributed by atoms with E-state index in [9.17, 15) is 14.8 Å². The van der Waals surface area contributed by atoms with E-state index in [0.717, 1.165) is 5.56 Å². The van der Waals surface area contributed by atoms with Gasteiger partial charge in [0.05, 0.1) is 24.7 Å². The molecule has 2 N–H and O–H groups in total. The summed E-state index contributed by atoms with van der Waals surface area (Å²) in [6.45, 7) is 1.95. The molecule has 0 saturated carbocycles. The van der Waals surface area contributed by atoms with Gasteiger partial charge in [-0.15, -0.1) is 0 Å². The fraction of sp³-hybridized carbons (Fsp3) is 0.154. The molecule has 4 rings (SSSR count). The molecule has 0 aliphatic heterocycles. The van der Waals surface area contributed by atoms with Crippen LogP contribution in [0.5, 0.6) is 11.5 Å². The number of hydrogen-bond acceptors (Lipinski definition) is 8. The van der Waals surface area contributed by atoms with Crippen molar-refractivity contribution in [2.45, 2.75) is 13.5 Å². The zero-order valence-electron chi connectivity index (χ0n) is 19.1. The van der Waals surface area contributed by atoms with Crippen LogP contribution in [-0.2, 0) is 11.3 Å². The molecular weight excluding hydrogens is 454 g/mol. The lowest BCUT2D eigenvalue weighted by Crippen LogP contribution is -2.99. The Bertz CT molecular complexity index is 1390. The Morgan fingerprint density at radius 2 is 1.71 bits per heavy atom. The van der Waals surface area contributed by atoms with Crippen LogP contribution in [0.3, 0.4) is 0 Å². The molecule has 9 heteroatoms. The van der Waals surface area contributed by atoms with Crippen LogP contribution in [-0.4, -0.2) is 24.9 Å². The van der Waals surface area contributed by atoms with Crippen molar-refractivity contribution in [3.8, 4) is 22.6 Å². The lowest BCUT2D eigenvalue weighted by molar-refractivity contribution is -0.991. The summed E-state index contributed by atoms with van der Waals surface area (Å²) in [5.41, 5.74) is 1.34. The number of nitrogens with one attached hydrogen (secondary N) is 1. The fourth-order valence-electron chi connectivity index (χ4n) is 3.53. The smallest absolute Gasteiger partial charge is 0.375 e. The van der Waals surface area contributed by atoms with Gasteiger partial charge in [0.1, 0.15) is 23.7 Å². The number of quaternary nitrogens is 1. The summed E-state index contributed by atoms with van der Waals surface area (Å²) >= 11 is 0. The molecule has 0 bridgehead atoms. The molecule has 1 aromatic heterocycles. The zero-order chi connectivity index (χ0) is 24.9. The molecule has 1 atom stereocenters. The Hall–Kier alpha value is -4.18. The number of esters is 1. The molecule has 4 aromatic rings. The fourth-order valence-corrected chi connectivity index (χ4v) is 3.53. The van der Waals surface area contributed by atoms with Gasteiger partial charge < -0.3 is 23.8 Å². The Morgan fingerprint density at radius 1 is 1.03 bits per heavy atom. The maximum Gasteiger partial charge on any atom is 0.375 e. The monoisotopic (exact) mass is 477 g/mol. The standard InChI is InChI=1S/C26H23NO8/c1-3-33-26(29)25-23(17-6-10-19(32-2)11-7-17)24(28)21-13-12-20(14-22(21)35-25)34-15-16-4-8-18(9-5-16)27(30)31/h4-14,27,30H,3,15H2,1-2H3. The molecule has 9 nitrogen and oxygen atoms in total. The van der Waals surface area contributed by atoms with Crippen LogP contribution in [0.2, 0.25) is 0 Å². The van der Waals surface area contributed by atoms with Crippen molar-refractivity contribution in [1.29, 1.82) is 0 Å². The zero-order valence-corrected chi connectivity index (χ0v) is 19.1. The average molecular weight is 477 g/mol. The maximum absolute atomic E-state index is 13.4. The molecule has 0 aliphatic rings. The summed E-state index contributed by atoms with van der Waals surface area (Å²) in [5.74, 6) is 0.0732. The van der Waals surface area contributed by atoms with E-state index in [1.54, 1.807) is 55.5 Å². The molecule has 0 radical (unpaired) electrons. The van der Waals surface area contributed by atoms with E-state index >= 15 is 0 Å². The number of carbonyl (C=O) groups is 1. The van der Waals surface area contributed by atoms with Crippen molar-refractivity contribution < 1.29 is 33.9 Å². The van der Waals surface area contributed by atoms with E-state index in [1.165, 1.54) is 25.3 Å². The molecule has 0 aliphatic carbocycles. The van der Waals surface area contributed by atoms with Crippen molar-refractivity contribution in [2.24, 2.45) is 0 Å².